The predicted octanol–water partition coefficient (Wildman–Crippen LogP) is 6.91. The second-order valence-corrected chi connectivity index (χ2v) is 11.8. The highest BCUT2D eigenvalue weighted by Crippen LogP contribution is 2.66. The van der Waals surface area contributed by atoms with Gasteiger partial charge in [-0.2, -0.15) is 18.3 Å². The van der Waals surface area contributed by atoms with Gasteiger partial charge in [-0.3, -0.25) is 9.48 Å². The van der Waals surface area contributed by atoms with E-state index in [2.05, 4.69) is 18.9 Å². The van der Waals surface area contributed by atoms with Crippen LogP contribution in [0.4, 0.5) is 13.2 Å². The summed E-state index contributed by atoms with van der Waals surface area (Å²) in [5.74, 6) is 2.97. The van der Waals surface area contributed by atoms with Crippen molar-refractivity contribution in [3.63, 3.8) is 0 Å². The Bertz CT molecular complexity index is 863. The van der Waals surface area contributed by atoms with Gasteiger partial charge < -0.3 is 0 Å². The van der Waals surface area contributed by atoms with Gasteiger partial charge in [0.1, 0.15) is 0 Å². The lowest BCUT2D eigenvalue weighted by Crippen LogP contribution is -2.56. The molecule has 0 amide bonds. The van der Waals surface area contributed by atoms with Crippen molar-refractivity contribution in [2.45, 2.75) is 97.2 Å². The van der Waals surface area contributed by atoms with Gasteiger partial charge in [-0.05, 0) is 85.9 Å². The van der Waals surface area contributed by atoms with Crippen LogP contribution in [0.5, 0.6) is 0 Å². The van der Waals surface area contributed by atoms with Crippen molar-refractivity contribution in [2.75, 3.05) is 0 Å². The fourth-order valence-electron chi connectivity index (χ4n) is 8.89. The van der Waals surface area contributed by atoms with Crippen molar-refractivity contribution < 1.29 is 18.0 Å². The van der Waals surface area contributed by atoms with Crippen LogP contribution in [0.1, 0.15) is 90.0 Å². The van der Waals surface area contributed by atoms with Crippen molar-refractivity contribution in [1.82, 2.24) is 9.78 Å². The predicted molar refractivity (Wildman–Crippen MR) is 117 cm³/mol. The average molecular weight is 451 g/mol. The van der Waals surface area contributed by atoms with Gasteiger partial charge in [-0.1, -0.05) is 33.1 Å². The molecule has 6 heteroatoms. The van der Waals surface area contributed by atoms with Crippen LogP contribution in [-0.2, 0) is 17.5 Å². The number of carbonyl (C=O) groups excluding carboxylic acids is 1. The zero-order chi connectivity index (χ0) is 22.7. The van der Waals surface area contributed by atoms with Crippen LogP contribution in [0.3, 0.4) is 0 Å². The van der Waals surface area contributed by atoms with Crippen molar-refractivity contribution in [3.8, 4) is 0 Å². The lowest BCUT2D eigenvalue weighted by atomic mass is 9.41. The number of nitrogens with zero attached hydrogens (tertiary/aromatic N) is 2. The highest BCUT2D eigenvalue weighted by Gasteiger charge is 2.59. The smallest absolute Gasteiger partial charge is 0.297 e. The van der Waals surface area contributed by atoms with Crippen molar-refractivity contribution in [3.05, 3.63) is 18.0 Å². The third kappa shape index (κ3) is 3.55. The number of carbonyl (C=O) groups is 1. The number of aromatic nitrogens is 2. The number of ketones is 1. The summed E-state index contributed by atoms with van der Waals surface area (Å²) < 4.78 is 40.0. The molecular weight excluding hydrogens is 413 g/mol. The van der Waals surface area contributed by atoms with Crippen LogP contribution in [0, 0.1) is 40.4 Å². The Labute approximate surface area is 189 Å². The number of hydrogen-bond donors (Lipinski definition) is 0. The first kappa shape index (κ1) is 22.5. The molecule has 4 fully saturated rings. The Hall–Kier alpha value is -1.33. The largest absolute Gasteiger partial charge is 0.419 e. The van der Waals surface area contributed by atoms with Gasteiger partial charge in [-0.15, -0.1) is 0 Å². The van der Waals surface area contributed by atoms with Gasteiger partial charge in [-0.25, -0.2) is 0 Å². The topological polar surface area (TPSA) is 34.9 Å². The summed E-state index contributed by atoms with van der Waals surface area (Å²) >= 11 is 0. The summed E-state index contributed by atoms with van der Waals surface area (Å²) in [5.41, 5.74) is -0.326. The minimum Gasteiger partial charge on any atom is -0.297 e. The molecule has 0 aliphatic heterocycles. The number of alkyl halides is 3. The second kappa shape index (κ2) is 7.87. The average Bonchev–Trinajstić information content (AvgIpc) is 3.21. The molecule has 32 heavy (non-hydrogen) atoms. The summed E-state index contributed by atoms with van der Waals surface area (Å²) in [7, 11) is 0. The molecule has 0 spiro atoms. The van der Waals surface area contributed by atoms with Crippen LogP contribution < -0.4 is 0 Å². The molecule has 0 aromatic carbocycles. The van der Waals surface area contributed by atoms with E-state index in [4.69, 9.17) is 0 Å². The molecule has 4 saturated carbocycles. The summed E-state index contributed by atoms with van der Waals surface area (Å²) in [6, 6.07) is 0. The quantitative estimate of drug-likeness (QED) is 0.501. The third-order valence-electron chi connectivity index (χ3n) is 10.5. The van der Waals surface area contributed by atoms with Crippen LogP contribution in [-0.4, -0.2) is 15.6 Å². The fraction of sp³-hybridized carbons (Fsp3) is 0.846. The monoisotopic (exact) mass is 450 g/mol. The van der Waals surface area contributed by atoms with Gasteiger partial charge in [0.05, 0.1) is 18.3 Å². The normalized spacial score (nSPS) is 42.0. The Morgan fingerprint density at radius 2 is 1.78 bits per heavy atom. The molecule has 3 unspecified atom stereocenters. The first-order chi connectivity index (χ1) is 15.1. The standard InChI is InChI=1S/C26H37F3N2O/c1-24-12-4-3-6-17(24)9-10-19-20-7-5-8-22(25(20,2)13-11-21(19)24)23(32)16-31-15-18(14-30-31)26(27,28)29/h14-15,17,19-22H,3-13,16H2,1-2H3/t17?,19-,20?,21?,22+,24-,25-/m0/s1. The summed E-state index contributed by atoms with van der Waals surface area (Å²) in [6.07, 6.45) is 11.0. The number of hydrogen-bond acceptors (Lipinski definition) is 2. The van der Waals surface area contributed by atoms with Crippen LogP contribution in [0.2, 0.25) is 0 Å². The number of fused-ring (bicyclic) bond motifs is 5. The van der Waals surface area contributed by atoms with E-state index >= 15 is 0 Å². The molecule has 0 radical (unpaired) electrons. The highest BCUT2D eigenvalue weighted by molar-refractivity contribution is 5.81. The van der Waals surface area contributed by atoms with Gasteiger partial charge in [0, 0.05) is 12.1 Å². The zero-order valence-electron chi connectivity index (χ0n) is 19.5. The molecule has 3 nitrogen and oxygen atoms in total. The first-order valence-electron chi connectivity index (χ1n) is 12.8. The van der Waals surface area contributed by atoms with E-state index in [-0.39, 0.29) is 23.7 Å². The van der Waals surface area contributed by atoms with Crippen LogP contribution in [0.25, 0.3) is 0 Å². The minimum absolute atomic E-state index is 0.0195. The molecule has 4 aliphatic rings. The van der Waals surface area contributed by atoms with Gasteiger partial charge in [0.2, 0.25) is 0 Å². The van der Waals surface area contributed by atoms with Crippen LogP contribution in [0.15, 0.2) is 12.4 Å². The molecule has 1 aromatic rings. The summed E-state index contributed by atoms with van der Waals surface area (Å²) in [5, 5.41) is 3.84. The van der Waals surface area contributed by atoms with Crippen molar-refractivity contribution in [1.29, 1.82) is 0 Å². The van der Waals surface area contributed by atoms with Crippen LogP contribution >= 0.6 is 0 Å². The van der Waals surface area contributed by atoms with E-state index < -0.39 is 11.7 Å². The maximum Gasteiger partial charge on any atom is 0.419 e. The fourth-order valence-corrected chi connectivity index (χ4v) is 8.89. The molecule has 1 heterocycles. The molecule has 5 rings (SSSR count). The summed E-state index contributed by atoms with van der Waals surface area (Å²) in [4.78, 5) is 13.4. The highest BCUT2D eigenvalue weighted by atomic mass is 19.4. The lowest BCUT2D eigenvalue weighted by Gasteiger charge is -2.63. The van der Waals surface area contributed by atoms with Gasteiger partial charge in [0.15, 0.2) is 5.78 Å². The molecule has 178 valence electrons. The molecule has 7 atom stereocenters. The molecule has 1 aromatic heterocycles. The van der Waals surface area contributed by atoms with E-state index in [9.17, 15) is 18.0 Å². The number of Topliss-reactive ketones (excluding diaryl/α,β-unsaturated/α-hetero) is 1. The molecule has 0 saturated heterocycles. The van der Waals surface area contributed by atoms with Gasteiger partial charge in [0.25, 0.3) is 0 Å². The Kier molecular flexibility index (Phi) is 5.52. The summed E-state index contributed by atoms with van der Waals surface area (Å²) in [6.45, 7) is 4.85. The molecule has 0 bridgehead atoms. The zero-order valence-corrected chi connectivity index (χ0v) is 19.5. The van der Waals surface area contributed by atoms with E-state index in [0.717, 1.165) is 43.5 Å². The number of halogens is 3. The Morgan fingerprint density at radius 1 is 1.00 bits per heavy atom. The van der Waals surface area contributed by atoms with E-state index in [1.54, 1.807) is 0 Å². The maximum absolute atomic E-state index is 13.4. The SMILES string of the molecule is C[C@]12CCCCC1CC[C@@H]1C2CC[C@@]2(C)C1CCC[C@@H]2C(=O)Cn1cc(C(F)(F)F)cn1. The Balaban J connectivity index is 1.35. The molecule has 4 aliphatic carbocycles. The van der Waals surface area contributed by atoms with Crippen molar-refractivity contribution >= 4 is 5.78 Å². The lowest BCUT2D eigenvalue weighted by molar-refractivity contribution is -0.155. The third-order valence-corrected chi connectivity index (χ3v) is 10.5. The van der Waals surface area contributed by atoms with E-state index in [1.165, 1.54) is 56.0 Å². The first-order valence-corrected chi connectivity index (χ1v) is 12.8. The minimum atomic E-state index is -4.42. The maximum atomic E-state index is 13.4. The Morgan fingerprint density at radius 3 is 2.53 bits per heavy atom. The molecule has 0 N–H and O–H groups in total. The number of rotatable bonds is 3. The molecular formula is C26H37F3N2O. The second-order valence-electron chi connectivity index (χ2n) is 11.8. The van der Waals surface area contributed by atoms with Crippen molar-refractivity contribution in [2.24, 2.45) is 40.4 Å². The van der Waals surface area contributed by atoms with E-state index in [1.807, 2.05) is 0 Å². The van der Waals surface area contributed by atoms with E-state index in [0.29, 0.717) is 17.3 Å². The van der Waals surface area contributed by atoms with Gasteiger partial charge >= 0.3 is 6.18 Å².